The fraction of sp³-hybridized carbons (Fsp3) is 0.500. The number of carbonyl (C=O) groups is 1. The summed E-state index contributed by atoms with van der Waals surface area (Å²) in [5, 5.41) is 2.63. The summed E-state index contributed by atoms with van der Waals surface area (Å²) in [6.45, 7) is 3.45. The summed E-state index contributed by atoms with van der Waals surface area (Å²) in [6.07, 6.45) is 1.24. The number of hydrogen-bond acceptors (Lipinski definition) is 3. The van der Waals surface area contributed by atoms with Gasteiger partial charge in [-0.15, -0.1) is 0 Å². The predicted molar refractivity (Wildman–Crippen MR) is 79.8 cm³/mol. The molecule has 5 nitrogen and oxygen atoms in total. The lowest BCUT2D eigenvalue weighted by atomic mass is 10.1. The van der Waals surface area contributed by atoms with E-state index >= 15 is 0 Å². The van der Waals surface area contributed by atoms with Crippen LogP contribution in [-0.2, 0) is 21.2 Å². The lowest BCUT2D eigenvalue weighted by Gasteiger charge is -2.09. The van der Waals surface area contributed by atoms with Gasteiger partial charge in [-0.3, -0.25) is 4.79 Å². The number of sulfonamides is 1. The van der Waals surface area contributed by atoms with E-state index in [0.29, 0.717) is 12.8 Å². The van der Waals surface area contributed by atoms with Crippen molar-refractivity contribution >= 4 is 15.9 Å². The fourth-order valence-corrected chi connectivity index (χ4v) is 2.75. The minimum Gasteiger partial charge on any atom is -0.353 e. The summed E-state index contributed by atoms with van der Waals surface area (Å²) in [5.74, 6) is -0.289. The largest absolute Gasteiger partial charge is 0.353 e. The second-order valence-corrected chi connectivity index (χ2v) is 6.88. The average molecular weight is 298 g/mol. The molecule has 20 heavy (non-hydrogen) atoms. The highest BCUT2D eigenvalue weighted by atomic mass is 32.2. The van der Waals surface area contributed by atoms with E-state index in [1.807, 2.05) is 44.2 Å². The first-order valence-electron chi connectivity index (χ1n) is 6.69. The maximum atomic E-state index is 11.7. The van der Waals surface area contributed by atoms with E-state index in [2.05, 4.69) is 10.0 Å². The molecule has 0 heterocycles. The average Bonchev–Trinajstić information content (AvgIpc) is 2.37. The van der Waals surface area contributed by atoms with Crippen molar-refractivity contribution < 1.29 is 13.2 Å². The monoisotopic (exact) mass is 298 g/mol. The van der Waals surface area contributed by atoms with Crippen LogP contribution in [0.3, 0.4) is 0 Å². The minimum absolute atomic E-state index is 0.00471. The van der Waals surface area contributed by atoms with Crippen LogP contribution in [0.1, 0.15) is 25.8 Å². The zero-order valence-corrected chi connectivity index (χ0v) is 12.7. The summed E-state index contributed by atoms with van der Waals surface area (Å²) in [4.78, 5) is 11.4. The molecule has 1 aromatic carbocycles. The Kier molecular flexibility index (Phi) is 6.67. The highest BCUT2D eigenvalue weighted by Crippen LogP contribution is 2.03. The second kappa shape index (κ2) is 8.01. The minimum atomic E-state index is -3.39. The molecule has 0 radical (unpaired) electrons. The maximum absolute atomic E-state index is 11.7. The molecule has 0 saturated carbocycles. The van der Waals surface area contributed by atoms with Crippen LogP contribution < -0.4 is 10.0 Å². The van der Waals surface area contributed by atoms with Gasteiger partial charge in [0.15, 0.2) is 0 Å². The zero-order chi connectivity index (χ0) is 15.0. The van der Waals surface area contributed by atoms with Crippen molar-refractivity contribution in [2.24, 2.45) is 0 Å². The van der Waals surface area contributed by atoms with Crippen molar-refractivity contribution in [3.05, 3.63) is 35.9 Å². The predicted octanol–water partition coefficient (Wildman–Crippen LogP) is 1.06. The summed E-state index contributed by atoms with van der Waals surface area (Å²) < 4.78 is 25.8. The van der Waals surface area contributed by atoms with Gasteiger partial charge in [0.2, 0.25) is 15.9 Å². The van der Waals surface area contributed by atoms with E-state index in [-0.39, 0.29) is 24.2 Å². The third-order valence-corrected chi connectivity index (χ3v) is 4.03. The van der Waals surface area contributed by atoms with Crippen molar-refractivity contribution in [3.8, 4) is 0 Å². The van der Waals surface area contributed by atoms with Gasteiger partial charge >= 0.3 is 0 Å². The summed E-state index contributed by atoms with van der Waals surface area (Å²) in [6, 6.07) is 9.73. The topological polar surface area (TPSA) is 75.3 Å². The molecule has 0 aliphatic heterocycles. The number of rotatable bonds is 8. The molecule has 0 aliphatic rings. The van der Waals surface area contributed by atoms with Crippen LogP contribution in [-0.4, -0.2) is 32.7 Å². The first kappa shape index (κ1) is 16.7. The first-order valence-corrected chi connectivity index (χ1v) is 8.35. The van der Waals surface area contributed by atoms with E-state index in [1.165, 1.54) is 0 Å². The van der Waals surface area contributed by atoms with E-state index < -0.39 is 10.0 Å². The molecular formula is C14H22N2O3S. The Hall–Kier alpha value is -1.40. The summed E-state index contributed by atoms with van der Waals surface area (Å²) in [5.41, 5.74) is 1.11. The highest BCUT2D eigenvalue weighted by Gasteiger charge is 2.12. The Morgan fingerprint density at radius 3 is 2.45 bits per heavy atom. The molecule has 1 aromatic rings. The number of amides is 1. The normalized spacial score (nSPS) is 11.6. The zero-order valence-electron chi connectivity index (χ0n) is 11.9. The maximum Gasteiger partial charge on any atom is 0.235 e. The van der Waals surface area contributed by atoms with Crippen LogP contribution in [0, 0.1) is 0 Å². The Morgan fingerprint density at radius 2 is 1.85 bits per heavy atom. The van der Waals surface area contributed by atoms with Crippen molar-refractivity contribution in [1.29, 1.82) is 0 Å². The standard InChI is InChI=1S/C14H22N2O3S/c1-12(2)16-14(17)11-15-20(18,19)10-6-9-13-7-4-3-5-8-13/h3-5,7-8,12,15H,6,9-11H2,1-2H3,(H,16,17). The van der Waals surface area contributed by atoms with Crippen molar-refractivity contribution in [3.63, 3.8) is 0 Å². The molecule has 0 fully saturated rings. The number of nitrogens with one attached hydrogen (secondary N) is 2. The molecule has 2 N–H and O–H groups in total. The van der Waals surface area contributed by atoms with E-state index in [1.54, 1.807) is 0 Å². The van der Waals surface area contributed by atoms with Crippen molar-refractivity contribution in [2.75, 3.05) is 12.3 Å². The molecule has 0 aromatic heterocycles. The van der Waals surface area contributed by atoms with Crippen LogP contribution in [0.5, 0.6) is 0 Å². The van der Waals surface area contributed by atoms with Crippen LogP contribution in [0.2, 0.25) is 0 Å². The third kappa shape index (κ3) is 7.25. The Balaban J connectivity index is 2.29. The smallest absolute Gasteiger partial charge is 0.235 e. The van der Waals surface area contributed by atoms with E-state index in [4.69, 9.17) is 0 Å². The molecule has 0 aliphatic carbocycles. The van der Waals surface area contributed by atoms with Gasteiger partial charge in [0.1, 0.15) is 0 Å². The van der Waals surface area contributed by atoms with Gasteiger partial charge in [-0.2, -0.15) is 0 Å². The second-order valence-electron chi connectivity index (χ2n) is 4.95. The first-order chi connectivity index (χ1) is 9.39. The molecule has 0 unspecified atom stereocenters. The van der Waals surface area contributed by atoms with Gasteiger partial charge in [-0.25, -0.2) is 13.1 Å². The summed E-state index contributed by atoms with van der Waals surface area (Å²) in [7, 11) is -3.39. The lowest BCUT2D eigenvalue weighted by Crippen LogP contribution is -2.40. The number of benzene rings is 1. The van der Waals surface area contributed by atoms with Gasteiger partial charge in [0.25, 0.3) is 0 Å². The number of aryl methyl sites for hydroxylation is 1. The Bertz CT molecular complexity index is 512. The van der Waals surface area contributed by atoms with Crippen molar-refractivity contribution in [1.82, 2.24) is 10.0 Å². The lowest BCUT2D eigenvalue weighted by molar-refractivity contribution is -0.120. The summed E-state index contributed by atoms with van der Waals surface area (Å²) >= 11 is 0. The van der Waals surface area contributed by atoms with Gasteiger partial charge in [-0.1, -0.05) is 30.3 Å². The molecule has 1 amide bonds. The highest BCUT2D eigenvalue weighted by molar-refractivity contribution is 7.89. The SMILES string of the molecule is CC(C)NC(=O)CNS(=O)(=O)CCCc1ccccc1. The molecule has 0 atom stereocenters. The van der Waals surface area contributed by atoms with Gasteiger partial charge in [0.05, 0.1) is 12.3 Å². The molecule has 1 rings (SSSR count). The number of carbonyl (C=O) groups excluding carboxylic acids is 1. The molecule has 6 heteroatoms. The fourth-order valence-electron chi connectivity index (χ4n) is 1.73. The van der Waals surface area contributed by atoms with Gasteiger partial charge in [-0.05, 0) is 32.3 Å². The van der Waals surface area contributed by atoms with Crippen LogP contribution in [0.15, 0.2) is 30.3 Å². The molecular weight excluding hydrogens is 276 g/mol. The van der Waals surface area contributed by atoms with E-state index in [9.17, 15) is 13.2 Å². The van der Waals surface area contributed by atoms with Gasteiger partial charge in [0, 0.05) is 6.04 Å². The van der Waals surface area contributed by atoms with Crippen LogP contribution in [0.4, 0.5) is 0 Å². The van der Waals surface area contributed by atoms with Crippen LogP contribution in [0.25, 0.3) is 0 Å². The van der Waals surface area contributed by atoms with E-state index in [0.717, 1.165) is 5.56 Å². The molecule has 112 valence electrons. The Morgan fingerprint density at radius 1 is 1.20 bits per heavy atom. The third-order valence-electron chi connectivity index (χ3n) is 2.62. The molecule has 0 saturated heterocycles. The Labute approximate surface area is 120 Å². The van der Waals surface area contributed by atoms with Crippen LogP contribution >= 0.6 is 0 Å². The van der Waals surface area contributed by atoms with Gasteiger partial charge < -0.3 is 5.32 Å². The molecule has 0 bridgehead atoms. The number of hydrogen-bond donors (Lipinski definition) is 2. The van der Waals surface area contributed by atoms with Crippen molar-refractivity contribution in [2.45, 2.75) is 32.7 Å². The molecule has 0 spiro atoms. The quantitative estimate of drug-likeness (QED) is 0.753.